The number of carboxylic acid groups (broad SMARTS) is 1. The number of aliphatic carboxylic acids is 1. The zero-order valence-corrected chi connectivity index (χ0v) is 13.2. The molecule has 0 atom stereocenters. The van der Waals surface area contributed by atoms with Crippen LogP contribution in [0.25, 0.3) is 0 Å². The van der Waals surface area contributed by atoms with Crippen LogP contribution < -0.4 is 5.56 Å². The summed E-state index contributed by atoms with van der Waals surface area (Å²) in [7, 11) is 2.07. The molecule has 0 aromatic carbocycles. The SMILES string of the molecule is CN1CCc2c(cc(CC(=O)O)c(=O)n2C2CCCCC2)C1. The first kappa shape index (κ1) is 15.3. The first-order valence-corrected chi connectivity index (χ1v) is 8.22. The zero-order chi connectivity index (χ0) is 15.7. The van der Waals surface area contributed by atoms with Gasteiger partial charge in [0, 0.05) is 36.8 Å². The Morgan fingerprint density at radius 3 is 2.73 bits per heavy atom. The van der Waals surface area contributed by atoms with E-state index in [0.717, 1.165) is 56.5 Å². The van der Waals surface area contributed by atoms with Gasteiger partial charge in [0.05, 0.1) is 6.42 Å². The quantitative estimate of drug-likeness (QED) is 0.927. The highest BCUT2D eigenvalue weighted by Crippen LogP contribution is 2.30. The second kappa shape index (κ2) is 6.24. The first-order valence-electron chi connectivity index (χ1n) is 8.22. The van der Waals surface area contributed by atoms with E-state index >= 15 is 0 Å². The summed E-state index contributed by atoms with van der Waals surface area (Å²) < 4.78 is 1.96. The molecule has 0 spiro atoms. The Hall–Kier alpha value is -1.62. The molecule has 1 saturated carbocycles. The normalized spacial score (nSPS) is 19.9. The standard InChI is InChI=1S/C17H24N2O3/c1-18-8-7-15-13(11-18)9-12(10-16(20)21)17(22)19(15)14-5-3-2-4-6-14/h9,14H,2-8,10-11H2,1H3,(H,20,21). The van der Waals surface area contributed by atoms with E-state index in [1.807, 2.05) is 10.6 Å². The van der Waals surface area contributed by atoms with Gasteiger partial charge in [-0.15, -0.1) is 0 Å². The molecule has 3 rings (SSSR count). The summed E-state index contributed by atoms with van der Waals surface area (Å²) in [5, 5.41) is 9.09. The third kappa shape index (κ3) is 2.95. The first-order chi connectivity index (χ1) is 10.6. The largest absolute Gasteiger partial charge is 0.481 e. The van der Waals surface area contributed by atoms with E-state index in [0.29, 0.717) is 5.56 Å². The fourth-order valence-electron chi connectivity index (χ4n) is 3.89. The number of rotatable bonds is 3. The number of carboxylic acids is 1. The Bertz CT molecular complexity index is 630. The predicted molar refractivity (Wildman–Crippen MR) is 84.2 cm³/mol. The van der Waals surface area contributed by atoms with Gasteiger partial charge in [0.2, 0.25) is 0 Å². The minimum Gasteiger partial charge on any atom is -0.481 e. The summed E-state index contributed by atoms with van der Waals surface area (Å²) >= 11 is 0. The van der Waals surface area contributed by atoms with Crippen LogP contribution in [0.2, 0.25) is 0 Å². The van der Waals surface area contributed by atoms with Gasteiger partial charge < -0.3 is 14.6 Å². The number of nitrogens with zero attached hydrogens (tertiary/aromatic N) is 2. The smallest absolute Gasteiger partial charge is 0.308 e. The van der Waals surface area contributed by atoms with Crippen LogP contribution in [-0.4, -0.2) is 34.1 Å². The highest BCUT2D eigenvalue weighted by Gasteiger charge is 2.26. The highest BCUT2D eigenvalue weighted by molar-refractivity contribution is 5.70. The van der Waals surface area contributed by atoms with Gasteiger partial charge in [-0.2, -0.15) is 0 Å². The summed E-state index contributed by atoms with van der Waals surface area (Å²) in [5.74, 6) is -0.934. The molecule has 5 heteroatoms. The average Bonchev–Trinajstić information content (AvgIpc) is 2.49. The van der Waals surface area contributed by atoms with Gasteiger partial charge in [0.1, 0.15) is 0 Å². The fraction of sp³-hybridized carbons (Fsp3) is 0.647. The van der Waals surface area contributed by atoms with Gasteiger partial charge in [-0.05, 0) is 31.5 Å². The third-order valence-corrected chi connectivity index (χ3v) is 4.96. The molecule has 0 radical (unpaired) electrons. The molecule has 120 valence electrons. The van der Waals surface area contributed by atoms with Crippen LogP contribution >= 0.6 is 0 Å². The van der Waals surface area contributed by atoms with E-state index in [2.05, 4.69) is 11.9 Å². The van der Waals surface area contributed by atoms with E-state index < -0.39 is 5.97 Å². The summed E-state index contributed by atoms with van der Waals surface area (Å²) in [6.07, 6.45) is 6.35. The van der Waals surface area contributed by atoms with Crippen LogP contribution in [0.3, 0.4) is 0 Å². The fourth-order valence-corrected chi connectivity index (χ4v) is 3.89. The topological polar surface area (TPSA) is 62.5 Å². The molecular weight excluding hydrogens is 280 g/mol. The van der Waals surface area contributed by atoms with E-state index in [9.17, 15) is 9.59 Å². The Morgan fingerprint density at radius 2 is 2.05 bits per heavy atom. The van der Waals surface area contributed by atoms with Crippen molar-refractivity contribution in [1.82, 2.24) is 9.47 Å². The maximum Gasteiger partial charge on any atom is 0.308 e. The summed E-state index contributed by atoms with van der Waals surface area (Å²) in [4.78, 5) is 26.2. The molecule has 1 aliphatic heterocycles. The number of pyridine rings is 1. The van der Waals surface area contributed by atoms with E-state index in [1.165, 1.54) is 6.42 Å². The van der Waals surface area contributed by atoms with Crippen molar-refractivity contribution < 1.29 is 9.90 Å². The zero-order valence-electron chi connectivity index (χ0n) is 13.2. The maximum absolute atomic E-state index is 12.8. The molecule has 1 aromatic heterocycles. The van der Waals surface area contributed by atoms with Gasteiger partial charge in [0.25, 0.3) is 5.56 Å². The molecule has 22 heavy (non-hydrogen) atoms. The molecule has 0 bridgehead atoms. The Morgan fingerprint density at radius 1 is 1.32 bits per heavy atom. The lowest BCUT2D eigenvalue weighted by molar-refractivity contribution is -0.136. The van der Waals surface area contributed by atoms with Gasteiger partial charge >= 0.3 is 5.97 Å². The molecule has 5 nitrogen and oxygen atoms in total. The van der Waals surface area contributed by atoms with E-state index in [1.54, 1.807) is 0 Å². The molecule has 2 aliphatic rings. The number of fused-ring (bicyclic) bond motifs is 1. The lowest BCUT2D eigenvalue weighted by Gasteiger charge is -2.33. The predicted octanol–water partition coefficient (Wildman–Crippen LogP) is 1.97. The van der Waals surface area contributed by atoms with Crippen LogP contribution in [0.15, 0.2) is 10.9 Å². The molecule has 0 saturated heterocycles. The van der Waals surface area contributed by atoms with Crippen LogP contribution in [0, 0.1) is 0 Å². The Kier molecular flexibility index (Phi) is 4.34. The van der Waals surface area contributed by atoms with Crippen molar-refractivity contribution in [3.8, 4) is 0 Å². The highest BCUT2D eigenvalue weighted by atomic mass is 16.4. The number of hydrogen-bond donors (Lipinski definition) is 1. The number of aromatic nitrogens is 1. The van der Waals surface area contributed by atoms with E-state index in [-0.39, 0.29) is 18.0 Å². The molecule has 0 unspecified atom stereocenters. The maximum atomic E-state index is 12.8. The van der Waals surface area contributed by atoms with Gasteiger partial charge in [0.15, 0.2) is 0 Å². The van der Waals surface area contributed by atoms with Crippen LogP contribution in [0.1, 0.15) is 55.0 Å². The Balaban J connectivity index is 2.10. The molecule has 1 aliphatic carbocycles. The lowest BCUT2D eigenvalue weighted by atomic mass is 9.93. The summed E-state index contributed by atoms with van der Waals surface area (Å²) in [5.41, 5.74) is 2.64. The Labute approximate surface area is 130 Å². The molecule has 1 aromatic rings. The van der Waals surface area contributed by atoms with Crippen molar-refractivity contribution in [2.45, 2.75) is 57.5 Å². The number of hydrogen-bond acceptors (Lipinski definition) is 3. The molecule has 1 fully saturated rings. The van der Waals surface area contributed by atoms with Crippen molar-refractivity contribution >= 4 is 5.97 Å². The van der Waals surface area contributed by atoms with Crippen LogP contribution in [0.4, 0.5) is 0 Å². The molecule has 1 N–H and O–H groups in total. The second-order valence-electron chi connectivity index (χ2n) is 6.67. The van der Waals surface area contributed by atoms with Crippen LogP contribution in [0.5, 0.6) is 0 Å². The van der Waals surface area contributed by atoms with E-state index in [4.69, 9.17) is 5.11 Å². The minimum atomic E-state index is -0.934. The van der Waals surface area contributed by atoms with Crippen molar-refractivity contribution in [2.75, 3.05) is 13.6 Å². The summed E-state index contributed by atoms with van der Waals surface area (Å²) in [6.45, 7) is 1.76. The van der Waals surface area contributed by atoms with Crippen molar-refractivity contribution in [2.24, 2.45) is 0 Å². The number of carbonyl (C=O) groups is 1. The van der Waals surface area contributed by atoms with Crippen molar-refractivity contribution in [1.29, 1.82) is 0 Å². The summed E-state index contributed by atoms with van der Waals surface area (Å²) in [6, 6.07) is 2.09. The lowest BCUT2D eigenvalue weighted by Crippen LogP contribution is -2.38. The average molecular weight is 304 g/mol. The van der Waals surface area contributed by atoms with Gasteiger partial charge in [-0.25, -0.2) is 0 Å². The molecule has 2 heterocycles. The minimum absolute atomic E-state index is 0.0717. The third-order valence-electron chi connectivity index (χ3n) is 4.96. The van der Waals surface area contributed by atoms with Gasteiger partial charge in [-0.3, -0.25) is 9.59 Å². The molecular formula is C17H24N2O3. The van der Waals surface area contributed by atoms with Gasteiger partial charge in [-0.1, -0.05) is 19.3 Å². The monoisotopic (exact) mass is 304 g/mol. The van der Waals surface area contributed by atoms with Crippen LogP contribution in [-0.2, 0) is 24.2 Å². The number of likely N-dealkylation sites (N-methyl/N-ethyl adjacent to an activating group) is 1. The van der Waals surface area contributed by atoms with Crippen molar-refractivity contribution in [3.63, 3.8) is 0 Å². The second-order valence-corrected chi connectivity index (χ2v) is 6.67. The molecule has 0 amide bonds. The van der Waals surface area contributed by atoms with Crippen molar-refractivity contribution in [3.05, 3.63) is 33.2 Å².